The van der Waals surface area contributed by atoms with E-state index in [2.05, 4.69) is 0 Å². The molecule has 0 saturated carbocycles. The smallest absolute Gasteiger partial charge is 0.203 e. The highest BCUT2D eigenvalue weighted by Gasteiger charge is 2.16. The molecule has 0 aliphatic heterocycles. The molecule has 1 aromatic heterocycles. The molecule has 0 radical (unpaired) electrons. The summed E-state index contributed by atoms with van der Waals surface area (Å²) in [6.07, 6.45) is 0. The Morgan fingerprint density at radius 2 is 1.58 bits per heavy atom. The van der Waals surface area contributed by atoms with Crippen molar-refractivity contribution in [2.24, 2.45) is 0 Å². The van der Waals surface area contributed by atoms with Gasteiger partial charge in [-0.1, -0.05) is 29.3 Å². The van der Waals surface area contributed by atoms with Crippen LogP contribution in [0.2, 0.25) is 10.0 Å². The Bertz CT molecular complexity index is 1350. The molecule has 0 spiro atoms. The third-order valence-corrected chi connectivity index (χ3v) is 5.64. The second-order valence-electron chi connectivity index (χ2n) is 7.07. The Kier molecular flexibility index (Phi) is 6.67. The first-order chi connectivity index (χ1) is 15.9. The lowest BCUT2D eigenvalue weighted by molar-refractivity contribution is 0.306. The molecule has 0 atom stereocenters. The van der Waals surface area contributed by atoms with Crippen molar-refractivity contribution in [1.82, 2.24) is 0 Å². The van der Waals surface area contributed by atoms with Crippen molar-refractivity contribution in [3.8, 4) is 34.3 Å². The van der Waals surface area contributed by atoms with Gasteiger partial charge in [0.2, 0.25) is 5.75 Å². The third-order valence-electron chi connectivity index (χ3n) is 5.06. The van der Waals surface area contributed by atoms with Gasteiger partial charge in [-0.2, -0.15) is 0 Å². The summed E-state index contributed by atoms with van der Waals surface area (Å²) < 4.78 is 28.0. The number of benzene rings is 3. The summed E-state index contributed by atoms with van der Waals surface area (Å²) in [4.78, 5) is 12.9. The first kappa shape index (κ1) is 22.8. The number of rotatable bonds is 7. The maximum Gasteiger partial charge on any atom is 0.203 e. The van der Waals surface area contributed by atoms with Crippen LogP contribution in [0.1, 0.15) is 5.56 Å². The van der Waals surface area contributed by atoms with Gasteiger partial charge in [0, 0.05) is 27.2 Å². The van der Waals surface area contributed by atoms with Crippen molar-refractivity contribution in [3.63, 3.8) is 0 Å². The van der Waals surface area contributed by atoms with Crippen LogP contribution >= 0.6 is 23.2 Å². The van der Waals surface area contributed by atoms with Crippen molar-refractivity contribution in [1.29, 1.82) is 0 Å². The molecule has 8 heteroatoms. The lowest BCUT2D eigenvalue weighted by Gasteiger charge is -2.14. The monoisotopic (exact) mass is 486 g/mol. The Morgan fingerprint density at radius 1 is 0.848 bits per heavy atom. The van der Waals surface area contributed by atoms with Crippen LogP contribution < -0.4 is 24.4 Å². The number of halogens is 2. The van der Waals surface area contributed by atoms with Gasteiger partial charge in [-0.3, -0.25) is 4.79 Å². The third kappa shape index (κ3) is 4.72. The number of hydrogen-bond donors (Lipinski definition) is 0. The Hall–Kier alpha value is -3.35. The number of fused-ring (bicyclic) bond motifs is 1. The van der Waals surface area contributed by atoms with Gasteiger partial charge in [-0.25, -0.2) is 0 Å². The first-order valence-corrected chi connectivity index (χ1v) is 10.6. The predicted octanol–water partition coefficient (Wildman–Crippen LogP) is 6.37. The average Bonchev–Trinajstić information content (AvgIpc) is 2.82. The lowest BCUT2D eigenvalue weighted by Crippen LogP contribution is -2.02. The Morgan fingerprint density at radius 3 is 2.21 bits per heavy atom. The van der Waals surface area contributed by atoms with E-state index in [1.54, 1.807) is 48.5 Å². The molecule has 0 bridgehead atoms. The summed E-state index contributed by atoms with van der Waals surface area (Å²) in [5.41, 5.74) is 1.60. The van der Waals surface area contributed by atoms with Gasteiger partial charge in [-0.05, 0) is 42.5 Å². The minimum atomic E-state index is -0.213. The van der Waals surface area contributed by atoms with Crippen molar-refractivity contribution >= 4 is 34.2 Å². The molecule has 0 N–H and O–H groups in total. The highest BCUT2D eigenvalue weighted by molar-refractivity contribution is 6.35. The van der Waals surface area contributed by atoms with Crippen LogP contribution in [0.4, 0.5) is 0 Å². The zero-order chi connectivity index (χ0) is 23.5. The normalized spacial score (nSPS) is 10.8. The zero-order valence-electron chi connectivity index (χ0n) is 18.1. The van der Waals surface area contributed by atoms with Crippen LogP contribution in [0.3, 0.4) is 0 Å². The van der Waals surface area contributed by atoms with E-state index >= 15 is 0 Å². The second-order valence-corrected chi connectivity index (χ2v) is 7.91. The maximum atomic E-state index is 12.9. The Labute approximate surface area is 200 Å². The minimum Gasteiger partial charge on any atom is -0.493 e. The van der Waals surface area contributed by atoms with Gasteiger partial charge < -0.3 is 23.4 Å². The van der Waals surface area contributed by atoms with Crippen LogP contribution in [0.15, 0.2) is 63.8 Å². The van der Waals surface area contributed by atoms with E-state index in [1.165, 1.54) is 27.4 Å². The molecule has 0 fully saturated rings. The molecule has 1 heterocycles. The summed E-state index contributed by atoms with van der Waals surface area (Å²) in [6, 6.07) is 15.1. The summed E-state index contributed by atoms with van der Waals surface area (Å²) >= 11 is 12.1. The van der Waals surface area contributed by atoms with E-state index < -0.39 is 0 Å². The van der Waals surface area contributed by atoms with Gasteiger partial charge >= 0.3 is 0 Å². The average molecular weight is 487 g/mol. The zero-order valence-corrected chi connectivity index (χ0v) is 19.6. The summed E-state index contributed by atoms with van der Waals surface area (Å²) in [5, 5.41) is 1.46. The van der Waals surface area contributed by atoms with Gasteiger partial charge in [0.25, 0.3) is 0 Å². The molecular weight excluding hydrogens is 467 g/mol. The van der Waals surface area contributed by atoms with Crippen LogP contribution in [-0.4, -0.2) is 21.3 Å². The molecule has 0 unspecified atom stereocenters. The first-order valence-electron chi connectivity index (χ1n) is 9.88. The fourth-order valence-corrected chi connectivity index (χ4v) is 3.85. The molecule has 6 nitrogen and oxygen atoms in total. The quantitative estimate of drug-likeness (QED) is 0.302. The molecule has 0 amide bonds. The van der Waals surface area contributed by atoms with Crippen LogP contribution in [-0.2, 0) is 6.61 Å². The topological polar surface area (TPSA) is 67.1 Å². The lowest BCUT2D eigenvalue weighted by atomic mass is 10.1. The van der Waals surface area contributed by atoms with E-state index in [9.17, 15) is 4.79 Å². The fourth-order valence-electron chi connectivity index (χ4n) is 3.39. The highest BCUT2D eigenvalue weighted by Crippen LogP contribution is 2.41. The molecule has 0 aliphatic rings. The molecule has 4 rings (SSSR count). The molecule has 33 heavy (non-hydrogen) atoms. The number of hydrogen-bond acceptors (Lipinski definition) is 6. The van der Waals surface area contributed by atoms with Crippen LogP contribution in [0, 0.1) is 0 Å². The standard InChI is InChI=1S/C25H20Cl2O6/c1-29-23-8-15(9-24(30-2)25(23)31-3)22-12-20(28)18-11-17(6-7-21(18)33-22)32-13-14-4-5-16(26)10-19(14)27/h4-12H,13H2,1-3H3. The summed E-state index contributed by atoms with van der Waals surface area (Å²) in [5.74, 6) is 2.25. The van der Waals surface area contributed by atoms with Crippen molar-refractivity contribution < 1.29 is 23.4 Å². The second kappa shape index (κ2) is 9.65. The van der Waals surface area contributed by atoms with Gasteiger partial charge in [0.05, 0.1) is 26.7 Å². The van der Waals surface area contributed by atoms with Crippen molar-refractivity contribution in [3.05, 3.63) is 80.4 Å². The SMILES string of the molecule is COc1cc(-c2cc(=O)c3cc(OCc4ccc(Cl)cc4Cl)ccc3o2)cc(OC)c1OC. The number of ether oxygens (including phenoxy) is 4. The van der Waals surface area contributed by atoms with Crippen LogP contribution in [0.5, 0.6) is 23.0 Å². The fraction of sp³-hybridized carbons (Fsp3) is 0.160. The number of methoxy groups -OCH3 is 3. The largest absolute Gasteiger partial charge is 0.493 e. The molecule has 4 aromatic rings. The van der Waals surface area contributed by atoms with E-state index in [0.29, 0.717) is 55.3 Å². The van der Waals surface area contributed by atoms with Gasteiger partial charge in [-0.15, -0.1) is 0 Å². The van der Waals surface area contributed by atoms with E-state index in [1.807, 2.05) is 0 Å². The summed E-state index contributed by atoms with van der Waals surface area (Å²) in [7, 11) is 4.57. The molecule has 0 aliphatic carbocycles. The van der Waals surface area contributed by atoms with Crippen molar-refractivity contribution in [2.45, 2.75) is 6.61 Å². The van der Waals surface area contributed by atoms with Crippen molar-refractivity contribution in [2.75, 3.05) is 21.3 Å². The maximum absolute atomic E-state index is 12.9. The predicted molar refractivity (Wildman–Crippen MR) is 128 cm³/mol. The van der Waals surface area contributed by atoms with Gasteiger partial charge in [0.15, 0.2) is 16.9 Å². The highest BCUT2D eigenvalue weighted by atomic mass is 35.5. The Balaban J connectivity index is 1.67. The van der Waals surface area contributed by atoms with Crippen LogP contribution in [0.25, 0.3) is 22.3 Å². The summed E-state index contributed by atoms with van der Waals surface area (Å²) in [6.45, 7) is 0.233. The molecule has 3 aromatic carbocycles. The minimum absolute atomic E-state index is 0.213. The van der Waals surface area contributed by atoms with E-state index in [4.69, 9.17) is 46.6 Å². The van der Waals surface area contributed by atoms with Gasteiger partial charge in [0.1, 0.15) is 23.7 Å². The molecule has 170 valence electrons. The molecule has 0 saturated heterocycles. The molecular formula is C25H20Cl2O6. The van der Waals surface area contributed by atoms with E-state index in [0.717, 1.165) is 5.56 Å². The van der Waals surface area contributed by atoms with E-state index in [-0.39, 0.29) is 12.0 Å².